The molecule has 2 rings (SSSR count). The first kappa shape index (κ1) is 7.95. The van der Waals surface area contributed by atoms with E-state index in [0.29, 0.717) is 13.2 Å². The van der Waals surface area contributed by atoms with Crippen LogP contribution >= 0.6 is 11.3 Å². The zero-order valence-corrected chi connectivity index (χ0v) is 7.69. The first-order chi connectivity index (χ1) is 5.76. The molecule has 1 aromatic heterocycles. The van der Waals surface area contributed by atoms with Gasteiger partial charge in [-0.05, 0) is 18.4 Å². The lowest BCUT2D eigenvalue weighted by Gasteiger charge is -2.38. The topological polar surface area (TPSA) is 26.3 Å². The first-order valence-corrected chi connectivity index (χ1v) is 4.76. The summed E-state index contributed by atoms with van der Waals surface area (Å²) in [5.41, 5.74) is -0.297. The number of rotatable bonds is 2. The second-order valence-corrected chi connectivity index (χ2v) is 4.06. The number of carbonyl (C=O) groups excluding carboxylic acids is 1. The lowest BCUT2D eigenvalue weighted by atomic mass is 9.80. The van der Waals surface area contributed by atoms with Gasteiger partial charge in [-0.3, -0.25) is 4.79 Å². The maximum Gasteiger partial charge on any atom is 0.145 e. The maximum absolute atomic E-state index is 11.4. The highest BCUT2D eigenvalue weighted by molar-refractivity contribution is 7.10. The van der Waals surface area contributed by atoms with E-state index in [4.69, 9.17) is 4.74 Å². The molecule has 64 valence electrons. The first-order valence-electron chi connectivity index (χ1n) is 3.88. The van der Waals surface area contributed by atoms with Crippen molar-refractivity contribution < 1.29 is 9.53 Å². The van der Waals surface area contributed by atoms with Gasteiger partial charge in [-0.25, -0.2) is 0 Å². The van der Waals surface area contributed by atoms with Crippen LogP contribution in [-0.4, -0.2) is 19.0 Å². The van der Waals surface area contributed by atoms with E-state index in [-0.39, 0.29) is 11.2 Å². The Balaban J connectivity index is 2.35. The lowest BCUT2D eigenvalue weighted by Crippen LogP contribution is -2.51. The van der Waals surface area contributed by atoms with Gasteiger partial charge in [0.25, 0.3) is 0 Å². The highest BCUT2D eigenvalue weighted by Crippen LogP contribution is 2.35. The highest BCUT2D eigenvalue weighted by atomic mass is 32.1. The molecule has 12 heavy (non-hydrogen) atoms. The summed E-state index contributed by atoms with van der Waals surface area (Å²) in [6.07, 6.45) is 0. The van der Waals surface area contributed by atoms with Crippen LogP contribution in [-0.2, 0) is 14.9 Å². The van der Waals surface area contributed by atoms with E-state index >= 15 is 0 Å². The Kier molecular flexibility index (Phi) is 1.77. The number of ketones is 1. The monoisotopic (exact) mass is 182 g/mol. The van der Waals surface area contributed by atoms with Gasteiger partial charge in [-0.1, -0.05) is 6.07 Å². The lowest BCUT2D eigenvalue weighted by molar-refractivity contribution is -0.140. The molecule has 1 aliphatic heterocycles. The smallest absolute Gasteiger partial charge is 0.145 e. The van der Waals surface area contributed by atoms with E-state index in [1.165, 1.54) is 0 Å². The molecule has 0 spiro atoms. The van der Waals surface area contributed by atoms with Gasteiger partial charge < -0.3 is 4.74 Å². The van der Waals surface area contributed by atoms with Crippen LogP contribution in [0.5, 0.6) is 0 Å². The van der Waals surface area contributed by atoms with Crippen LogP contribution in [0.3, 0.4) is 0 Å². The van der Waals surface area contributed by atoms with E-state index in [1.54, 1.807) is 18.3 Å². The average molecular weight is 182 g/mol. The minimum atomic E-state index is -0.297. The van der Waals surface area contributed by atoms with E-state index < -0.39 is 0 Å². The van der Waals surface area contributed by atoms with Crippen molar-refractivity contribution in [2.45, 2.75) is 12.3 Å². The molecule has 0 aromatic carbocycles. The SMILES string of the molecule is CC(=O)C1(c2cccs2)COC1. The summed E-state index contributed by atoms with van der Waals surface area (Å²) in [4.78, 5) is 12.5. The Morgan fingerprint density at radius 2 is 2.42 bits per heavy atom. The normalized spacial score (nSPS) is 20.1. The van der Waals surface area contributed by atoms with Gasteiger partial charge in [0, 0.05) is 4.88 Å². The van der Waals surface area contributed by atoms with Crippen molar-refractivity contribution in [2.75, 3.05) is 13.2 Å². The summed E-state index contributed by atoms with van der Waals surface area (Å²) in [7, 11) is 0. The molecule has 0 unspecified atom stereocenters. The van der Waals surface area contributed by atoms with Gasteiger partial charge >= 0.3 is 0 Å². The summed E-state index contributed by atoms with van der Waals surface area (Å²) in [6.45, 7) is 2.76. The Morgan fingerprint density at radius 1 is 1.67 bits per heavy atom. The molecule has 1 aromatic rings. The molecule has 0 amide bonds. The maximum atomic E-state index is 11.4. The fraction of sp³-hybridized carbons (Fsp3) is 0.444. The molecule has 0 saturated carbocycles. The van der Waals surface area contributed by atoms with Crippen molar-refractivity contribution in [3.8, 4) is 0 Å². The standard InChI is InChI=1S/C9H10O2S/c1-7(10)9(5-11-6-9)8-3-2-4-12-8/h2-4H,5-6H2,1H3. The van der Waals surface area contributed by atoms with Crippen LogP contribution in [0.25, 0.3) is 0 Å². The number of hydrogen-bond acceptors (Lipinski definition) is 3. The van der Waals surface area contributed by atoms with Crippen molar-refractivity contribution in [1.29, 1.82) is 0 Å². The molecule has 1 aliphatic rings. The molecule has 3 heteroatoms. The van der Waals surface area contributed by atoms with Gasteiger partial charge in [0.15, 0.2) is 0 Å². The summed E-state index contributed by atoms with van der Waals surface area (Å²) in [6, 6.07) is 3.98. The molecule has 0 bridgehead atoms. The molecular weight excluding hydrogens is 172 g/mol. The summed E-state index contributed by atoms with van der Waals surface area (Å²) in [5.74, 6) is 0.219. The Morgan fingerprint density at radius 3 is 2.75 bits per heavy atom. The fourth-order valence-corrected chi connectivity index (χ4v) is 2.32. The van der Waals surface area contributed by atoms with Crippen LogP contribution in [0.2, 0.25) is 0 Å². The molecule has 0 aliphatic carbocycles. The number of carbonyl (C=O) groups is 1. The Labute approximate surface area is 75.2 Å². The molecular formula is C9H10O2S. The van der Waals surface area contributed by atoms with E-state index in [1.807, 2.05) is 17.5 Å². The molecule has 2 heterocycles. The summed E-state index contributed by atoms with van der Waals surface area (Å²) < 4.78 is 5.11. The number of thiophene rings is 1. The third-order valence-corrected chi connectivity index (χ3v) is 3.44. The average Bonchev–Trinajstić information content (AvgIpc) is 2.35. The van der Waals surface area contributed by atoms with Gasteiger partial charge in [0.1, 0.15) is 11.2 Å². The van der Waals surface area contributed by atoms with Gasteiger partial charge in [0.2, 0.25) is 0 Å². The number of Topliss-reactive ketones (excluding diaryl/α,β-unsaturated/α-hetero) is 1. The number of hydrogen-bond donors (Lipinski definition) is 0. The Bertz CT molecular complexity index is 285. The molecule has 2 nitrogen and oxygen atoms in total. The van der Waals surface area contributed by atoms with Gasteiger partial charge in [-0.2, -0.15) is 0 Å². The zero-order chi connectivity index (χ0) is 8.60. The molecule has 0 radical (unpaired) electrons. The highest BCUT2D eigenvalue weighted by Gasteiger charge is 2.45. The third kappa shape index (κ3) is 0.934. The molecule has 1 fully saturated rings. The van der Waals surface area contributed by atoms with Crippen molar-refractivity contribution in [3.05, 3.63) is 22.4 Å². The van der Waals surface area contributed by atoms with Crippen LogP contribution in [0, 0.1) is 0 Å². The molecule has 1 saturated heterocycles. The zero-order valence-electron chi connectivity index (χ0n) is 6.87. The minimum absolute atomic E-state index is 0.219. The van der Waals surface area contributed by atoms with Crippen molar-refractivity contribution in [3.63, 3.8) is 0 Å². The van der Waals surface area contributed by atoms with Crippen LogP contribution < -0.4 is 0 Å². The summed E-state index contributed by atoms with van der Waals surface area (Å²) >= 11 is 1.63. The predicted octanol–water partition coefficient (Wildman–Crippen LogP) is 1.61. The van der Waals surface area contributed by atoms with Crippen LogP contribution in [0.1, 0.15) is 11.8 Å². The quantitative estimate of drug-likeness (QED) is 0.694. The largest absolute Gasteiger partial charge is 0.378 e. The van der Waals surface area contributed by atoms with Crippen molar-refractivity contribution in [2.24, 2.45) is 0 Å². The molecule has 0 N–H and O–H groups in total. The molecule has 0 atom stereocenters. The van der Waals surface area contributed by atoms with Crippen LogP contribution in [0.15, 0.2) is 17.5 Å². The van der Waals surface area contributed by atoms with Crippen molar-refractivity contribution >= 4 is 17.1 Å². The Hall–Kier alpha value is -0.670. The van der Waals surface area contributed by atoms with E-state index in [0.717, 1.165) is 4.88 Å². The van der Waals surface area contributed by atoms with Gasteiger partial charge in [0.05, 0.1) is 13.2 Å². The van der Waals surface area contributed by atoms with E-state index in [9.17, 15) is 4.79 Å². The van der Waals surface area contributed by atoms with Crippen LogP contribution in [0.4, 0.5) is 0 Å². The fourth-order valence-electron chi connectivity index (χ4n) is 1.38. The predicted molar refractivity (Wildman–Crippen MR) is 47.5 cm³/mol. The third-order valence-electron chi connectivity index (χ3n) is 2.36. The number of ether oxygens (including phenoxy) is 1. The van der Waals surface area contributed by atoms with E-state index in [2.05, 4.69) is 0 Å². The van der Waals surface area contributed by atoms with Gasteiger partial charge in [-0.15, -0.1) is 11.3 Å². The second-order valence-electron chi connectivity index (χ2n) is 3.11. The second kappa shape index (κ2) is 2.68. The van der Waals surface area contributed by atoms with Crippen molar-refractivity contribution in [1.82, 2.24) is 0 Å². The summed E-state index contributed by atoms with van der Waals surface area (Å²) in [5, 5.41) is 2.00. The minimum Gasteiger partial charge on any atom is -0.378 e.